The third-order valence-corrected chi connectivity index (χ3v) is 0. The van der Waals surface area contributed by atoms with Crippen LogP contribution in [0.4, 0.5) is 0 Å². The molecule has 0 rings (SSSR count). The second-order valence-electron chi connectivity index (χ2n) is 0. The molecule has 0 aliphatic heterocycles. The first kappa shape index (κ1) is 113. The molecule has 0 atom stereocenters. The number of hydrogen-bond donors (Lipinski definition) is 0. The van der Waals surface area contributed by atoms with Crippen molar-refractivity contribution in [2.45, 2.75) is 0 Å². The monoisotopic (exact) mass is 384 g/mol. The van der Waals surface area contributed by atoms with Gasteiger partial charge in [-0.2, -0.15) is 0 Å². The largest absolute Gasteiger partial charge is 5.00 e. The summed E-state index contributed by atoms with van der Waals surface area (Å²) in [5.41, 5.74) is 0. The van der Waals surface area contributed by atoms with E-state index >= 15 is 0 Å². The van der Waals surface area contributed by atoms with E-state index in [2.05, 4.69) is 0 Å². The molecular formula is LaO4Ta. The smallest absolute Gasteiger partial charge is 2.00 e. The standard InChI is InChI=1S/La.4O.Ta/q+3;4*-2;+5. The zero-order chi connectivity index (χ0) is 0. The molecule has 0 amide bonds. The fourth-order valence-corrected chi connectivity index (χ4v) is 0. The number of rotatable bonds is 0. The molecule has 0 saturated carbocycles. The van der Waals surface area contributed by atoms with Crippen LogP contribution in [-0.2, 0) is 44.3 Å². The van der Waals surface area contributed by atoms with E-state index in [1.54, 1.807) is 0 Å². The normalized spacial score (nSPS) is 0. The summed E-state index contributed by atoms with van der Waals surface area (Å²) in [5.74, 6) is 0. The molecule has 0 aliphatic carbocycles. The topological polar surface area (TPSA) is 114 Å². The van der Waals surface area contributed by atoms with E-state index in [1.807, 2.05) is 0 Å². The van der Waals surface area contributed by atoms with Crippen molar-refractivity contribution in [2.75, 3.05) is 0 Å². The molecule has 32 valence electrons. The first-order valence-corrected chi connectivity index (χ1v) is 0. The van der Waals surface area contributed by atoms with Gasteiger partial charge >= 0.3 is 58.0 Å². The molecule has 6 heavy (non-hydrogen) atoms. The van der Waals surface area contributed by atoms with Gasteiger partial charge in [0.25, 0.3) is 0 Å². The zero-order valence-electron chi connectivity index (χ0n) is 2.66. The summed E-state index contributed by atoms with van der Waals surface area (Å²) in [5, 5.41) is 0. The minimum absolute atomic E-state index is 0. The van der Waals surface area contributed by atoms with Crippen LogP contribution in [0.3, 0.4) is 0 Å². The number of hydrogen-bond acceptors (Lipinski definition) is 0. The Labute approximate surface area is 79.0 Å². The Kier molecular flexibility index (Phi) is 1350. The van der Waals surface area contributed by atoms with E-state index in [-0.39, 0.29) is 79.9 Å². The fraction of sp³-hybridized carbons (Fsp3) is 0. The molecule has 0 aromatic rings. The van der Waals surface area contributed by atoms with Gasteiger partial charge in [-0.05, 0) is 0 Å². The van der Waals surface area contributed by atoms with Crippen molar-refractivity contribution in [3.63, 3.8) is 0 Å². The third-order valence-electron chi connectivity index (χ3n) is 0. The summed E-state index contributed by atoms with van der Waals surface area (Å²) < 4.78 is 0. The minimum Gasteiger partial charge on any atom is -2.00 e. The molecule has 0 bridgehead atoms. The Hall–Kier alpha value is 1.78. The molecule has 0 spiro atoms. The van der Waals surface area contributed by atoms with E-state index in [9.17, 15) is 0 Å². The summed E-state index contributed by atoms with van der Waals surface area (Å²) in [6, 6.07) is 0. The van der Waals surface area contributed by atoms with Gasteiger partial charge in [0.05, 0.1) is 0 Å². The maximum absolute atomic E-state index is 0. The van der Waals surface area contributed by atoms with Crippen LogP contribution in [0, 0.1) is 35.6 Å². The molecule has 0 aromatic carbocycles. The van der Waals surface area contributed by atoms with E-state index in [0.717, 1.165) is 0 Å². The Morgan fingerprint density at radius 3 is 0.500 bits per heavy atom. The van der Waals surface area contributed by atoms with E-state index in [1.165, 1.54) is 0 Å². The van der Waals surface area contributed by atoms with Gasteiger partial charge in [0.1, 0.15) is 0 Å². The van der Waals surface area contributed by atoms with Gasteiger partial charge in [0, 0.05) is 0 Å². The predicted octanol–water partition coefficient (Wildman–Crippen LogP) is -0.478. The van der Waals surface area contributed by atoms with Crippen LogP contribution < -0.4 is 0 Å². The minimum atomic E-state index is 0. The zero-order valence-corrected chi connectivity index (χ0v) is 9.50. The average molecular weight is 384 g/mol. The third kappa shape index (κ3) is 41.8. The Morgan fingerprint density at radius 1 is 0.500 bits per heavy atom. The predicted molar refractivity (Wildman–Crippen MR) is 2.75 cm³/mol. The van der Waals surface area contributed by atoms with Gasteiger partial charge in [-0.25, -0.2) is 0 Å². The van der Waals surface area contributed by atoms with Crippen molar-refractivity contribution in [2.24, 2.45) is 0 Å². The van der Waals surface area contributed by atoms with Crippen molar-refractivity contribution >= 4 is 0 Å². The van der Waals surface area contributed by atoms with Crippen molar-refractivity contribution in [1.29, 1.82) is 0 Å². The summed E-state index contributed by atoms with van der Waals surface area (Å²) in [7, 11) is 0. The fourth-order valence-electron chi connectivity index (χ4n) is 0. The Balaban J connectivity index is 0. The molecule has 0 N–H and O–H groups in total. The summed E-state index contributed by atoms with van der Waals surface area (Å²) in [4.78, 5) is 0. The van der Waals surface area contributed by atoms with E-state index < -0.39 is 0 Å². The van der Waals surface area contributed by atoms with Crippen molar-refractivity contribution in [3.05, 3.63) is 0 Å². The van der Waals surface area contributed by atoms with Gasteiger partial charge in [-0.15, -0.1) is 0 Å². The van der Waals surface area contributed by atoms with Crippen molar-refractivity contribution < 1.29 is 79.9 Å². The van der Waals surface area contributed by atoms with Crippen molar-refractivity contribution in [1.82, 2.24) is 0 Å². The molecule has 4 nitrogen and oxygen atoms in total. The maximum Gasteiger partial charge on any atom is 5.00 e. The van der Waals surface area contributed by atoms with Gasteiger partial charge in [-0.1, -0.05) is 0 Å². The Morgan fingerprint density at radius 2 is 0.500 bits per heavy atom. The molecule has 0 unspecified atom stereocenters. The first-order valence-electron chi connectivity index (χ1n) is 0. The average Bonchev–Trinajstić information content (AvgIpc) is 0. The van der Waals surface area contributed by atoms with E-state index in [4.69, 9.17) is 0 Å². The van der Waals surface area contributed by atoms with E-state index in [0.29, 0.717) is 0 Å². The van der Waals surface area contributed by atoms with Crippen LogP contribution in [0.1, 0.15) is 0 Å². The molecule has 0 aliphatic rings. The summed E-state index contributed by atoms with van der Waals surface area (Å²) >= 11 is 0. The van der Waals surface area contributed by atoms with Gasteiger partial charge in [-0.3, -0.25) is 0 Å². The van der Waals surface area contributed by atoms with Gasteiger partial charge < -0.3 is 21.9 Å². The van der Waals surface area contributed by atoms with Crippen molar-refractivity contribution in [3.8, 4) is 0 Å². The van der Waals surface area contributed by atoms with Gasteiger partial charge in [0.2, 0.25) is 0 Å². The molecule has 6 heteroatoms. The molecular weight excluding hydrogens is 384 g/mol. The van der Waals surface area contributed by atoms with Crippen LogP contribution in [0.15, 0.2) is 0 Å². The SMILES string of the molecule is [La+3].[O-2].[O-2].[O-2].[O-2].[Ta+5]. The van der Waals surface area contributed by atoms with Crippen LogP contribution in [0.25, 0.3) is 0 Å². The molecule has 0 radical (unpaired) electrons. The molecule has 0 heterocycles. The first-order chi connectivity index (χ1) is 0. The van der Waals surface area contributed by atoms with Gasteiger partial charge in [0.15, 0.2) is 0 Å². The maximum atomic E-state index is 0. The second-order valence-corrected chi connectivity index (χ2v) is 0. The van der Waals surface area contributed by atoms with Crippen LogP contribution >= 0.6 is 0 Å². The Bertz CT molecular complexity index is 7.51. The molecule has 0 aromatic heterocycles. The second kappa shape index (κ2) is 71.7. The molecule has 0 fully saturated rings. The molecule has 0 saturated heterocycles. The quantitative estimate of drug-likeness (QED) is 0.538. The summed E-state index contributed by atoms with van der Waals surface area (Å²) in [6.45, 7) is 0. The van der Waals surface area contributed by atoms with Crippen LogP contribution in [0.5, 0.6) is 0 Å². The van der Waals surface area contributed by atoms with Crippen LogP contribution in [0.2, 0.25) is 0 Å². The van der Waals surface area contributed by atoms with Crippen LogP contribution in [-0.4, -0.2) is 0 Å². The summed E-state index contributed by atoms with van der Waals surface area (Å²) in [6.07, 6.45) is 0.